The summed E-state index contributed by atoms with van der Waals surface area (Å²) in [6.07, 6.45) is -0.143. The third-order valence-electron chi connectivity index (χ3n) is 3.38. The van der Waals surface area contributed by atoms with E-state index in [4.69, 9.17) is 5.11 Å². The van der Waals surface area contributed by atoms with Gasteiger partial charge in [0.1, 0.15) is 0 Å². The largest absolute Gasteiger partial charge is 0.481 e. The third-order valence-corrected chi connectivity index (χ3v) is 4.27. The van der Waals surface area contributed by atoms with Gasteiger partial charge in [-0.25, -0.2) is 0 Å². The number of Topliss-reactive ketones (excluding diaryl/α,β-unsaturated/α-hetero) is 1. The Hall–Kier alpha value is -1.98. The molecule has 116 valence electrons. The molecule has 0 aliphatic carbocycles. The van der Waals surface area contributed by atoms with Crippen molar-refractivity contribution in [1.82, 2.24) is 4.90 Å². The molecule has 5 heteroatoms. The van der Waals surface area contributed by atoms with E-state index < -0.39 is 11.9 Å². The Labute approximate surface area is 134 Å². The van der Waals surface area contributed by atoms with E-state index in [9.17, 15) is 9.59 Å². The number of rotatable bonds is 8. The second-order valence-corrected chi connectivity index (χ2v) is 6.27. The molecule has 0 spiro atoms. The summed E-state index contributed by atoms with van der Waals surface area (Å²) in [5.74, 6) is -1.55. The Bertz CT molecular complexity index is 610. The lowest BCUT2D eigenvalue weighted by atomic mass is 9.98. The lowest BCUT2D eigenvalue weighted by Gasteiger charge is -2.22. The van der Waals surface area contributed by atoms with Crippen LogP contribution in [0.1, 0.15) is 21.7 Å². The number of aliphatic carboxylic acids is 1. The minimum absolute atomic E-state index is 0.0858. The van der Waals surface area contributed by atoms with Gasteiger partial charge in [-0.15, -0.1) is 11.3 Å². The van der Waals surface area contributed by atoms with Gasteiger partial charge in [0.15, 0.2) is 5.78 Å². The molecule has 0 aliphatic heterocycles. The molecule has 0 saturated heterocycles. The lowest BCUT2D eigenvalue weighted by Crippen LogP contribution is -2.31. The van der Waals surface area contributed by atoms with Gasteiger partial charge in [0, 0.05) is 19.0 Å². The first kappa shape index (κ1) is 16.4. The fourth-order valence-corrected chi connectivity index (χ4v) is 3.15. The van der Waals surface area contributed by atoms with E-state index in [-0.39, 0.29) is 12.2 Å². The molecule has 2 aromatic rings. The highest BCUT2D eigenvalue weighted by Crippen LogP contribution is 2.19. The number of benzene rings is 1. The standard InChI is InChI=1S/C17H19NO3S/c1-18(11-13-6-3-2-4-7-13)12-14(10-16(19)20)17(21)15-8-5-9-22-15/h2-9,14H,10-12H2,1H3,(H,19,20). The van der Waals surface area contributed by atoms with Crippen LogP contribution in [0.15, 0.2) is 47.8 Å². The average Bonchev–Trinajstić information content (AvgIpc) is 3.00. The molecule has 0 bridgehead atoms. The van der Waals surface area contributed by atoms with Gasteiger partial charge in [0.05, 0.1) is 11.3 Å². The summed E-state index contributed by atoms with van der Waals surface area (Å²) in [5.41, 5.74) is 1.14. The fraction of sp³-hybridized carbons (Fsp3) is 0.294. The molecule has 0 aliphatic rings. The van der Waals surface area contributed by atoms with Crippen LogP contribution in [0.4, 0.5) is 0 Å². The minimum Gasteiger partial charge on any atom is -0.481 e. The molecule has 22 heavy (non-hydrogen) atoms. The lowest BCUT2D eigenvalue weighted by molar-refractivity contribution is -0.137. The quantitative estimate of drug-likeness (QED) is 0.760. The molecule has 0 saturated carbocycles. The Morgan fingerprint density at radius 3 is 2.50 bits per heavy atom. The maximum atomic E-state index is 12.4. The number of ketones is 1. The number of nitrogens with zero attached hydrogens (tertiary/aromatic N) is 1. The number of thiophene rings is 1. The predicted molar refractivity (Wildman–Crippen MR) is 87.2 cm³/mol. The van der Waals surface area contributed by atoms with Crippen molar-refractivity contribution in [2.24, 2.45) is 5.92 Å². The van der Waals surface area contributed by atoms with Crippen LogP contribution in [0.5, 0.6) is 0 Å². The molecule has 0 fully saturated rings. The molecular weight excluding hydrogens is 298 g/mol. The fourth-order valence-electron chi connectivity index (χ4n) is 2.41. The first-order valence-electron chi connectivity index (χ1n) is 7.08. The van der Waals surface area contributed by atoms with Crippen molar-refractivity contribution < 1.29 is 14.7 Å². The zero-order chi connectivity index (χ0) is 15.9. The average molecular weight is 317 g/mol. The summed E-state index contributed by atoms with van der Waals surface area (Å²) in [4.78, 5) is 26.1. The molecule has 2 rings (SSSR count). The van der Waals surface area contributed by atoms with E-state index >= 15 is 0 Å². The van der Waals surface area contributed by atoms with E-state index in [1.165, 1.54) is 11.3 Å². The number of hydrogen-bond donors (Lipinski definition) is 1. The van der Waals surface area contributed by atoms with Crippen molar-refractivity contribution >= 4 is 23.1 Å². The number of hydrogen-bond acceptors (Lipinski definition) is 4. The zero-order valence-electron chi connectivity index (χ0n) is 12.4. The van der Waals surface area contributed by atoms with Crippen LogP contribution in [0, 0.1) is 5.92 Å². The monoisotopic (exact) mass is 317 g/mol. The van der Waals surface area contributed by atoms with E-state index in [1.54, 1.807) is 6.07 Å². The highest BCUT2D eigenvalue weighted by atomic mass is 32.1. The summed E-state index contributed by atoms with van der Waals surface area (Å²) >= 11 is 1.36. The van der Waals surface area contributed by atoms with Crippen molar-refractivity contribution in [2.45, 2.75) is 13.0 Å². The van der Waals surface area contributed by atoms with Gasteiger partial charge in [-0.3, -0.25) is 9.59 Å². The van der Waals surface area contributed by atoms with E-state index in [0.717, 1.165) is 5.56 Å². The first-order valence-corrected chi connectivity index (χ1v) is 7.96. The number of carboxylic acid groups (broad SMARTS) is 1. The zero-order valence-corrected chi connectivity index (χ0v) is 13.3. The van der Waals surface area contributed by atoms with Gasteiger partial charge in [-0.1, -0.05) is 36.4 Å². The van der Waals surface area contributed by atoms with Gasteiger partial charge in [0.2, 0.25) is 0 Å². The minimum atomic E-state index is -0.942. The van der Waals surface area contributed by atoms with Gasteiger partial charge < -0.3 is 10.0 Å². The van der Waals surface area contributed by atoms with Crippen molar-refractivity contribution in [3.05, 3.63) is 58.3 Å². The summed E-state index contributed by atoms with van der Waals surface area (Å²) in [6.45, 7) is 1.12. The van der Waals surface area contributed by atoms with Gasteiger partial charge >= 0.3 is 5.97 Å². The maximum absolute atomic E-state index is 12.4. The van der Waals surface area contributed by atoms with Gasteiger partial charge in [0.25, 0.3) is 0 Å². The number of carboxylic acids is 1. The SMILES string of the molecule is CN(Cc1ccccc1)CC(CC(=O)O)C(=O)c1cccs1. The van der Waals surface area contributed by atoms with Crippen LogP contribution in [-0.4, -0.2) is 35.4 Å². The van der Waals surface area contributed by atoms with Crippen LogP contribution < -0.4 is 0 Å². The molecule has 1 atom stereocenters. The summed E-state index contributed by atoms with van der Waals surface area (Å²) in [7, 11) is 1.91. The molecule has 0 radical (unpaired) electrons. The maximum Gasteiger partial charge on any atom is 0.304 e. The third kappa shape index (κ3) is 4.79. The molecule has 0 amide bonds. The van der Waals surface area contributed by atoms with Crippen LogP contribution in [-0.2, 0) is 11.3 Å². The van der Waals surface area contributed by atoms with Crippen LogP contribution >= 0.6 is 11.3 Å². The van der Waals surface area contributed by atoms with E-state index in [0.29, 0.717) is 18.0 Å². The Morgan fingerprint density at radius 2 is 1.91 bits per heavy atom. The summed E-state index contributed by atoms with van der Waals surface area (Å²) < 4.78 is 0. The second-order valence-electron chi connectivity index (χ2n) is 5.32. The van der Waals surface area contributed by atoms with Crippen molar-refractivity contribution in [3.8, 4) is 0 Å². The number of carbonyl (C=O) groups is 2. The molecular formula is C17H19NO3S. The Morgan fingerprint density at radius 1 is 1.18 bits per heavy atom. The molecule has 4 nitrogen and oxygen atoms in total. The normalized spacial score (nSPS) is 12.3. The number of carbonyl (C=O) groups excluding carboxylic acids is 1. The molecule has 1 N–H and O–H groups in total. The van der Waals surface area contributed by atoms with Crippen LogP contribution in [0.3, 0.4) is 0 Å². The first-order chi connectivity index (χ1) is 10.6. The van der Waals surface area contributed by atoms with Crippen molar-refractivity contribution in [2.75, 3.05) is 13.6 Å². The highest BCUT2D eigenvalue weighted by Gasteiger charge is 2.25. The van der Waals surface area contributed by atoms with Crippen molar-refractivity contribution in [1.29, 1.82) is 0 Å². The predicted octanol–water partition coefficient (Wildman–Crippen LogP) is 3.15. The van der Waals surface area contributed by atoms with Gasteiger partial charge in [-0.2, -0.15) is 0 Å². The summed E-state index contributed by atoms with van der Waals surface area (Å²) in [5, 5.41) is 10.9. The smallest absolute Gasteiger partial charge is 0.304 e. The molecule has 1 heterocycles. The van der Waals surface area contributed by atoms with E-state index in [1.807, 2.05) is 53.7 Å². The second kappa shape index (κ2) is 7.87. The van der Waals surface area contributed by atoms with Crippen molar-refractivity contribution in [3.63, 3.8) is 0 Å². The highest BCUT2D eigenvalue weighted by molar-refractivity contribution is 7.12. The molecule has 1 aromatic carbocycles. The van der Waals surface area contributed by atoms with Crippen LogP contribution in [0.25, 0.3) is 0 Å². The molecule has 1 unspecified atom stereocenters. The topological polar surface area (TPSA) is 57.6 Å². The Kier molecular flexibility index (Phi) is 5.86. The van der Waals surface area contributed by atoms with E-state index in [2.05, 4.69) is 0 Å². The Balaban J connectivity index is 2.03. The molecule has 1 aromatic heterocycles. The van der Waals surface area contributed by atoms with Gasteiger partial charge in [-0.05, 0) is 24.1 Å². The van der Waals surface area contributed by atoms with Crippen LogP contribution in [0.2, 0.25) is 0 Å². The summed E-state index contributed by atoms with van der Waals surface area (Å²) in [6, 6.07) is 13.5.